The Kier molecular flexibility index (Phi) is 12.2. The molecule has 1 saturated heterocycles. The van der Waals surface area contributed by atoms with Crippen LogP contribution >= 0.6 is 0 Å². The Labute approximate surface area is 315 Å². The van der Waals surface area contributed by atoms with E-state index in [0.717, 1.165) is 12.1 Å². The highest BCUT2D eigenvalue weighted by atomic mass is 19.4. The number of hydrogen-bond acceptors (Lipinski definition) is 9. The molecule has 18 heteroatoms. The molecule has 2 aromatic carbocycles. The highest BCUT2D eigenvalue weighted by molar-refractivity contribution is 5.96. The lowest BCUT2D eigenvalue weighted by atomic mass is 9.85. The molecule has 0 spiro atoms. The van der Waals surface area contributed by atoms with Crippen molar-refractivity contribution < 1.29 is 47.0 Å². The van der Waals surface area contributed by atoms with E-state index >= 15 is 0 Å². The van der Waals surface area contributed by atoms with Crippen LogP contribution in [0, 0.1) is 5.41 Å². The SMILES string of the molecule is CN[C@@H](C)C(=O)N[C@H](C(=O)N1C[C@@H]2C[C@H]1C(=O)N[C@@H](Cc1cccc(C(F)(F)F)c1)C(=O)N[C@H](C(=O)O)Cc1ccc(cc1)OCc1cn2nn1)C(C)(C)C. The molecule has 3 aliphatic heterocycles. The number of carbonyl (C=O) groups excluding carboxylic acids is 4. The van der Waals surface area contributed by atoms with Gasteiger partial charge in [0.2, 0.25) is 23.6 Å². The lowest BCUT2D eigenvalue weighted by molar-refractivity contribution is -0.145. The fourth-order valence-electron chi connectivity index (χ4n) is 6.44. The second-order valence-electron chi connectivity index (χ2n) is 14.9. The van der Waals surface area contributed by atoms with Gasteiger partial charge in [0.1, 0.15) is 42.2 Å². The molecule has 55 heavy (non-hydrogen) atoms. The maximum Gasteiger partial charge on any atom is 0.416 e. The van der Waals surface area contributed by atoms with Crippen molar-refractivity contribution in [2.45, 2.75) is 96.0 Å². The average Bonchev–Trinajstić information content (AvgIpc) is 3.79. The molecule has 3 aliphatic rings. The van der Waals surface area contributed by atoms with E-state index in [1.807, 2.05) is 0 Å². The molecule has 5 N–H and O–H groups in total. The fraction of sp³-hybridized carbons (Fsp3) is 0.486. The summed E-state index contributed by atoms with van der Waals surface area (Å²) < 4.78 is 48.3. The molecular weight excluding hydrogens is 725 g/mol. The number of aromatic nitrogens is 3. The summed E-state index contributed by atoms with van der Waals surface area (Å²) in [6, 6.07) is 4.05. The van der Waals surface area contributed by atoms with Crippen LogP contribution in [0.2, 0.25) is 0 Å². The minimum absolute atomic E-state index is 0.0181. The smallest absolute Gasteiger partial charge is 0.416 e. The number of carbonyl (C=O) groups is 5. The van der Waals surface area contributed by atoms with Crippen LogP contribution in [0.5, 0.6) is 5.75 Å². The Morgan fingerprint density at radius 3 is 2.40 bits per heavy atom. The van der Waals surface area contributed by atoms with Gasteiger partial charge in [-0.3, -0.25) is 19.2 Å². The molecule has 6 atom stereocenters. The summed E-state index contributed by atoms with van der Waals surface area (Å²) in [5.74, 6) is -3.78. The largest absolute Gasteiger partial charge is 0.487 e. The number of hydrogen-bond donors (Lipinski definition) is 5. The molecule has 0 aliphatic carbocycles. The van der Waals surface area contributed by atoms with Crippen LogP contribution in [0.25, 0.3) is 0 Å². The molecule has 4 heterocycles. The first-order valence-electron chi connectivity index (χ1n) is 17.7. The van der Waals surface area contributed by atoms with Gasteiger partial charge in [0.15, 0.2) is 0 Å². The first-order valence-corrected chi connectivity index (χ1v) is 17.7. The van der Waals surface area contributed by atoms with Gasteiger partial charge in [-0.25, -0.2) is 9.48 Å². The summed E-state index contributed by atoms with van der Waals surface area (Å²) in [7, 11) is 1.59. The quantitative estimate of drug-likeness (QED) is 0.237. The summed E-state index contributed by atoms with van der Waals surface area (Å²) in [6.45, 7) is 6.84. The number of carboxylic acid groups (broad SMARTS) is 1. The third-order valence-corrected chi connectivity index (χ3v) is 9.71. The second kappa shape index (κ2) is 16.5. The van der Waals surface area contributed by atoms with E-state index in [-0.39, 0.29) is 31.6 Å². The predicted octanol–water partition coefficient (Wildman–Crippen LogP) is 2.01. The highest BCUT2D eigenvalue weighted by Gasteiger charge is 2.46. The van der Waals surface area contributed by atoms with Crippen LogP contribution in [0.3, 0.4) is 0 Å². The van der Waals surface area contributed by atoms with E-state index in [0.29, 0.717) is 17.0 Å². The molecule has 6 rings (SSSR count). The molecule has 1 aromatic heterocycles. The van der Waals surface area contributed by atoms with Crippen molar-refractivity contribution in [2.24, 2.45) is 5.41 Å². The van der Waals surface area contributed by atoms with Gasteiger partial charge < -0.3 is 36.0 Å². The van der Waals surface area contributed by atoms with Gasteiger partial charge in [-0.2, -0.15) is 13.2 Å². The van der Waals surface area contributed by atoms with E-state index in [1.165, 1.54) is 21.7 Å². The number of likely N-dealkylation sites (tertiary alicyclic amines) is 1. The van der Waals surface area contributed by atoms with Crippen LogP contribution in [0.15, 0.2) is 54.7 Å². The van der Waals surface area contributed by atoms with Gasteiger partial charge in [-0.05, 0) is 48.7 Å². The van der Waals surface area contributed by atoms with Crippen molar-refractivity contribution >= 4 is 29.6 Å². The van der Waals surface area contributed by atoms with E-state index in [1.54, 1.807) is 65.2 Å². The minimum Gasteiger partial charge on any atom is -0.487 e. The Morgan fingerprint density at radius 1 is 1.05 bits per heavy atom. The van der Waals surface area contributed by atoms with Gasteiger partial charge in [0, 0.05) is 25.8 Å². The Hall–Kier alpha value is -5.52. The maximum absolute atomic E-state index is 14.5. The van der Waals surface area contributed by atoms with Crippen LogP contribution in [0.1, 0.15) is 62.5 Å². The lowest BCUT2D eigenvalue weighted by Gasteiger charge is -2.36. The van der Waals surface area contributed by atoms with Crippen molar-refractivity contribution in [3.63, 3.8) is 0 Å². The van der Waals surface area contributed by atoms with Crippen molar-refractivity contribution in [3.8, 4) is 5.75 Å². The first kappa shape index (κ1) is 40.7. The lowest BCUT2D eigenvalue weighted by Crippen LogP contribution is -2.60. The number of likely N-dealkylation sites (N-methyl/N-ethyl adjacent to an activating group) is 1. The Balaban J connectivity index is 1.56. The van der Waals surface area contributed by atoms with Crippen molar-refractivity contribution in [2.75, 3.05) is 13.6 Å². The number of carboxylic acids is 1. The van der Waals surface area contributed by atoms with E-state index in [9.17, 15) is 42.3 Å². The van der Waals surface area contributed by atoms with Gasteiger partial charge in [0.25, 0.3) is 0 Å². The average molecular weight is 771 g/mol. The molecule has 0 unspecified atom stereocenters. The summed E-state index contributed by atoms with van der Waals surface area (Å²) >= 11 is 0. The molecule has 0 radical (unpaired) electrons. The van der Waals surface area contributed by atoms with E-state index in [4.69, 9.17) is 4.74 Å². The fourth-order valence-corrected chi connectivity index (χ4v) is 6.44. The highest BCUT2D eigenvalue weighted by Crippen LogP contribution is 2.32. The van der Waals surface area contributed by atoms with E-state index < -0.39 is 89.4 Å². The molecule has 6 bridgehead atoms. The standard InChI is InChI=1S/C37H45F3N8O7/c1-20(41-5)31(49)44-30(36(2,3)4)34(52)47-18-25-16-29(47)33(51)42-27(15-22-7-6-8-23(13-22)37(38,39)40)32(50)43-28(35(53)54)14-21-9-11-26(12-10-21)55-19-24-17-48(25)46-45-24/h6-13,17,20,25,27-30,41H,14-16,18-19H2,1-5H3,(H,42,51)(H,43,50)(H,44,49)(H,53,54)/t20-,25-,27-,28-,29-,30+/m0/s1. The summed E-state index contributed by atoms with van der Waals surface area (Å²) in [5.41, 5.74) is -0.807. The van der Waals surface area contributed by atoms with Crippen molar-refractivity contribution in [1.29, 1.82) is 0 Å². The van der Waals surface area contributed by atoms with Crippen LogP contribution in [0.4, 0.5) is 13.2 Å². The molecule has 1 fully saturated rings. The topological polar surface area (TPSA) is 197 Å². The number of rotatable bonds is 7. The number of ether oxygens (including phenoxy) is 1. The number of aliphatic carboxylic acids is 1. The molecule has 296 valence electrons. The number of alkyl halides is 3. The van der Waals surface area contributed by atoms with Crippen molar-refractivity contribution in [3.05, 3.63) is 77.1 Å². The third kappa shape index (κ3) is 9.97. The molecule has 3 aromatic rings. The van der Waals surface area contributed by atoms with E-state index in [2.05, 4.69) is 31.6 Å². The van der Waals surface area contributed by atoms with Crippen LogP contribution in [-0.2, 0) is 49.6 Å². The number of fused-ring (bicyclic) bond motifs is 9. The summed E-state index contributed by atoms with van der Waals surface area (Å²) in [4.78, 5) is 69.4. The first-order chi connectivity index (χ1) is 25.8. The van der Waals surface area contributed by atoms with Gasteiger partial charge in [-0.15, -0.1) is 5.10 Å². The zero-order valence-corrected chi connectivity index (χ0v) is 31.0. The number of nitrogens with zero attached hydrogens (tertiary/aromatic N) is 4. The predicted molar refractivity (Wildman–Crippen MR) is 190 cm³/mol. The Bertz CT molecular complexity index is 1900. The van der Waals surface area contributed by atoms with Crippen molar-refractivity contribution in [1.82, 2.24) is 41.2 Å². The monoisotopic (exact) mass is 770 g/mol. The minimum atomic E-state index is -4.70. The summed E-state index contributed by atoms with van der Waals surface area (Å²) in [6.07, 6.45) is -3.71. The van der Waals surface area contributed by atoms with Gasteiger partial charge >= 0.3 is 12.1 Å². The number of benzene rings is 2. The zero-order chi connectivity index (χ0) is 40.2. The number of halogens is 3. The summed E-state index contributed by atoms with van der Waals surface area (Å²) in [5, 5.41) is 29.2. The number of nitrogens with one attached hydrogen (secondary N) is 4. The second-order valence-corrected chi connectivity index (χ2v) is 14.9. The van der Waals surface area contributed by atoms with Crippen LogP contribution < -0.4 is 26.0 Å². The Morgan fingerprint density at radius 2 is 1.76 bits per heavy atom. The molecular formula is C37H45F3N8O7. The van der Waals surface area contributed by atoms with Gasteiger partial charge in [-0.1, -0.05) is 56.3 Å². The van der Waals surface area contributed by atoms with Crippen LogP contribution in [-0.4, -0.2) is 98.4 Å². The zero-order valence-electron chi connectivity index (χ0n) is 31.0. The molecule has 0 saturated carbocycles. The number of amides is 4. The molecule has 15 nitrogen and oxygen atoms in total. The van der Waals surface area contributed by atoms with Gasteiger partial charge in [0.05, 0.1) is 23.8 Å². The third-order valence-electron chi connectivity index (χ3n) is 9.71. The normalized spacial score (nSPS) is 21.9. The maximum atomic E-state index is 14.5. The molecule has 4 amide bonds.